The van der Waals surface area contributed by atoms with Crippen LogP contribution in [-0.4, -0.2) is 47.4 Å². The van der Waals surface area contributed by atoms with E-state index in [-0.39, 0.29) is 40.8 Å². The van der Waals surface area contributed by atoms with Gasteiger partial charge in [0.15, 0.2) is 17.4 Å². The minimum atomic E-state index is -0.649. The molecule has 206 valence electrons. The largest absolute Gasteiger partial charge is 0.515 e. The van der Waals surface area contributed by atoms with Crippen molar-refractivity contribution in [3.8, 4) is 0 Å². The summed E-state index contributed by atoms with van der Waals surface area (Å²) in [6, 6.07) is 0. The second kappa shape index (κ2) is 7.83. The van der Waals surface area contributed by atoms with Gasteiger partial charge in [-0.2, -0.15) is 0 Å². The lowest BCUT2D eigenvalue weighted by molar-refractivity contribution is -0.274. The van der Waals surface area contributed by atoms with E-state index in [1.807, 2.05) is 13.8 Å². The Balaban J connectivity index is 1.26. The van der Waals surface area contributed by atoms with Gasteiger partial charge in [-0.05, 0) is 86.4 Å². The van der Waals surface area contributed by atoms with Crippen LogP contribution in [0, 0.1) is 52.3 Å². The molecular formula is C31H46O6. The van der Waals surface area contributed by atoms with Crippen molar-refractivity contribution in [1.82, 2.24) is 0 Å². The van der Waals surface area contributed by atoms with Crippen molar-refractivity contribution in [2.24, 2.45) is 52.3 Å². The molecule has 0 aromatic carbocycles. The Morgan fingerprint density at radius 2 is 1.68 bits per heavy atom. The van der Waals surface area contributed by atoms with Crippen LogP contribution in [0.3, 0.4) is 0 Å². The minimum Gasteiger partial charge on any atom is -0.515 e. The highest BCUT2D eigenvalue weighted by Crippen LogP contribution is 2.72. The first-order chi connectivity index (χ1) is 17.4. The van der Waals surface area contributed by atoms with Crippen molar-refractivity contribution in [2.45, 2.75) is 116 Å². The molecule has 0 aromatic rings. The number of Topliss-reactive ketones (excluding diaryl/α,β-unsaturated/α-hetero) is 1. The lowest BCUT2D eigenvalue weighted by Gasteiger charge is -2.63. The summed E-state index contributed by atoms with van der Waals surface area (Å²) in [7, 11) is 0. The highest BCUT2D eigenvalue weighted by molar-refractivity contribution is 5.96. The number of allylic oxidation sites excluding steroid dienone is 1. The molecule has 37 heavy (non-hydrogen) atoms. The van der Waals surface area contributed by atoms with Crippen molar-refractivity contribution in [3.63, 3.8) is 0 Å². The van der Waals surface area contributed by atoms with E-state index in [1.54, 1.807) is 0 Å². The van der Waals surface area contributed by atoms with Crippen LogP contribution < -0.4 is 0 Å². The van der Waals surface area contributed by atoms with Gasteiger partial charge in [-0.15, -0.1) is 0 Å². The van der Waals surface area contributed by atoms with E-state index in [0.29, 0.717) is 53.9 Å². The summed E-state index contributed by atoms with van der Waals surface area (Å²) in [5.41, 5.74) is 0.673. The van der Waals surface area contributed by atoms with Gasteiger partial charge in [0, 0.05) is 30.3 Å². The van der Waals surface area contributed by atoms with Gasteiger partial charge < -0.3 is 24.1 Å². The molecular weight excluding hydrogens is 468 g/mol. The first kappa shape index (κ1) is 25.0. The zero-order valence-corrected chi connectivity index (χ0v) is 23.5. The molecule has 1 N–H and O–H groups in total. The molecule has 7 rings (SSSR count). The molecule has 6 heteroatoms. The van der Waals surface area contributed by atoms with Gasteiger partial charge in [0.25, 0.3) is 0 Å². The molecule has 0 aromatic heterocycles. The van der Waals surface area contributed by atoms with Gasteiger partial charge in [-0.3, -0.25) is 4.79 Å². The fraction of sp³-hybridized carbons (Fsp3) is 0.903. The van der Waals surface area contributed by atoms with Crippen molar-refractivity contribution in [1.29, 1.82) is 0 Å². The number of hydrogen-bond donors (Lipinski definition) is 1. The summed E-state index contributed by atoms with van der Waals surface area (Å²) in [6.07, 6.45) is 7.87. The monoisotopic (exact) mass is 514 g/mol. The Morgan fingerprint density at radius 3 is 2.38 bits per heavy atom. The Labute approximate surface area is 221 Å². The average molecular weight is 515 g/mol. The summed E-state index contributed by atoms with van der Waals surface area (Å²) in [6.45, 7) is 14.5. The number of fused-ring (bicyclic) bond motifs is 10. The first-order valence-electron chi connectivity index (χ1n) is 15.0. The Kier molecular flexibility index (Phi) is 5.30. The molecule has 3 saturated heterocycles. The van der Waals surface area contributed by atoms with Crippen LogP contribution in [0.5, 0.6) is 0 Å². The maximum Gasteiger partial charge on any atom is 0.171 e. The average Bonchev–Trinajstić information content (AvgIpc) is 3.42. The Bertz CT molecular complexity index is 1010. The quantitative estimate of drug-likeness (QED) is 0.326. The van der Waals surface area contributed by atoms with Crippen LogP contribution in [0.15, 0.2) is 11.8 Å². The molecule has 7 aliphatic rings. The summed E-state index contributed by atoms with van der Waals surface area (Å²) in [5, 5.41) is 9.93. The number of rotatable bonds is 0. The van der Waals surface area contributed by atoms with Gasteiger partial charge in [0.1, 0.15) is 0 Å². The van der Waals surface area contributed by atoms with E-state index in [2.05, 4.69) is 27.7 Å². The van der Waals surface area contributed by atoms with Gasteiger partial charge in [-0.1, -0.05) is 27.7 Å². The fourth-order valence-corrected chi connectivity index (χ4v) is 11.1. The number of aliphatic hydroxyl groups is 1. The molecule has 0 bridgehead atoms. The van der Waals surface area contributed by atoms with Crippen molar-refractivity contribution < 1.29 is 28.8 Å². The number of aliphatic hydroxyl groups excluding tert-OH is 1. The SMILES string of the molecule is CC1CC[C@@]2(OC1)O[C@H]1C[C@H]3[C@@H]4[C@H]5OC(C)(C)O[C@@H]5[C@H]5CC(=O)/C(=C/O)C[C@]5(C)[C@H]4CC[C@]3(C)[C@H]1[C@@H]2C. The third-order valence-electron chi connectivity index (χ3n) is 12.7. The number of ether oxygens (including phenoxy) is 4. The molecule has 3 heterocycles. The predicted molar refractivity (Wildman–Crippen MR) is 137 cm³/mol. The molecule has 6 nitrogen and oxygen atoms in total. The first-order valence-corrected chi connectivity index (χ1v) is 15.0. The van der Waals surface area contributed by atoms with E-state index < -0.39 is 11.6 Å². The van der Waals surface area contributed by atoms with Crippen molar-refractivity contribution in [2.75, 3.05) is 6.61 Å². The molecule has 0 radical (unpaired) electrons. The Morgan fingerprint density at radius 1 is 0.919 bits per heavy atom. The molecule has 3 aliphatic heterocycles. The van der Waals surface area contributed by atoms with E-state index in [4.69, 9.17) is 18.9 Å². The lowest BCUT2D eigenvalue weighted by atomic mass is 9.43. The summed E-state index contributed by atoms with van der Waals surface area (Å²) >= 11 is 0. The highest BCUT2D eigenvalue weighted by Gasteiger charge is 2.73. The van der Waals surface area contributed by atoms with Crippen molar-refractivity contribution in [3.05, 3.63) is 11.8 Å². The van der Waals surface area contributed by atoms with E-state index in [0.717, 1.165) is 32.1 Å². The number of hydrogen-bond acceptors (Lipinski definition) is 6. The molecule has 1 unspecified atom stereocenters. The van der Waals surface area contributed by atoms with Crippen LogP contribution in [-0.2, 0) is 23.7 Å². The van der Waals surface area contributed by atoms with Crippen LogP contribution in [0.4, 0.5) is 0 Å². The maximum atomic E-state index is 12.9. The lowest BCUT2D eigenvalue weighted by Crippen LogP contribution is -2.63. The zero-order valence-electron chi connectivity index (χ0n) is 23.5. The molecule has 13 atom stereocenters. The van der Waals surface area contributed by atoms with Crippen LogP contribution >= 0.6 is 0 Å². The standard InChI is InChI=1S/C31H46O6/c1-16-7-10-31(34-15-16)17(2)25-23(35-31)12-20-24-19(8-9-29(20,25)5)30(6)13-18(14-32)22(33)11-21(30)26-27(24)37-28(3,4)36-26/h14,16-17,19-21,23-27,32H,7-13,15H2,1-6H3/b18-14+/t16?,17-,19-,20-,21+,23-,24+,25-,26+,27+,29-,30+,31+/m0/s1. The van der Waals surface area contributed by atoms with Crippen molar-refractivity contribution >= 4 is 5.78 Å². The van der Waals surface area contributed by atoms with Gasteiger partial charge in [-0.25, -0.2) is 0 Å². The molecule has 4 saturated carbocycles. The molecule has 7 fully saturated rings. The summed E-state index contributed by atoms with van der Waals surface area (Å²) in [4.78, 5) is 12.9. The van der Waals surface area contributed by atoms with Gasteiger partial charge in [0.2, 0.25) is 0 Å². The Hall–Kier alpha value is -0.950. The summed E-state index contributed by atoms with van der Waals surface area (Å²) < 4.78 is 26.9. The van der Waals surface area contributed by atoms with E-state index in [1.165, 1.54) is 12.8 Å². The van der Waals surface area contributed by atoms with E-state index in [9.17, 15) is 9.90 Å². The topological polar surface area (TPSA) is 74.2 Å². The molecule has 4 aliphatic carbocycles. The minimum absolute atomic E-state index is 0.00466. The number of carbonyl (C=O) groups excluding carboxylic acids is 1. The van der Waals surface area contributed by atoms with E-state index >= 15 is 0 Å². The van der Waals surface area contributed by atoms with Gasteiger partial charge in [0.05, 0.1) is 31.2 Å². The highest BCUT2D eigenvalue weighted by atomic mass is 16.8. The second-order valence-electron chi connectivity index (χ2n) is 14.9. The fourth-order valence-electron chi connectivity index (χ4n) is 11.1. The van der Waals surface area contributed by atoms with Crippen LogP contribution in [0.2, 0.25) is 0 Å². The van der Waals surface area contributed by atoms with Crippen LogP contribution in [0.1, 0.15) is 86.5 Å². The van der Waals surface area contributed by atoms with Crippen LogP contribution in [0.25, 0.3) is 0 Å². The molecule has 0 amide bonds. The smallest absolute Gasteiger partial charge is 0.171 e. The number of carbonyl (C=O) groups is 1. The zero-order chi connectivity index (χ0) is 26.1. The maximum absolute atomic E-state index is 12.9. The third kappa shape index (κ3) is 3.22. The molecule has 1 spiro atoms. The second-order valence-corrected chi connectivity index (χ2v) is 14.9. The number of ketones is 1. The predicted octanol–water partition coefficient (Wildman–Crippen LogP) is 5.79. The summed E-state index contributed by atoms with van der Waals surface area (Å²) in [5.74, 6) is 1.92. The normalized spacial score (nSPS) is 59.1. The van der Waals surface area contributed by atoms with Gasteiger partial charge >= 0.3 is 0 Å². The third-order valence-corrected chi connectivity index (χ3v) is 12.7.